The Morgan fingerprint density at radius 3 is 3.06 bits per heavy atom. The molecule has 2 heterocycles. The van der Waals surface area contributed by atoms with Gasteiger partial charge in [-0.25, -0.2) is 0 Å². The van der Waals surface area contributed by atoms with E-state index in [-0.39, 0.29) is 0 Å². The molecule has 2 aromatic rings. The lowest BCUT2D eigenvalue weighted by Gasteiger charge is -2.03. The van der Waals surface area contributed by atoms with E-state index in [1.54, 1.807) is 11.3 Å². The van der Waals surface area contributed by atoms with Crippen LogP contribution in [0.3, 0.4) is 0 Å². The van der Waals surface area contributed by atoms with Crippen LogP contribution in [0.4, 0.5) is 0 Å². The van der Waals surface area contributed by atoms with E-state index in [4.69, 9.17) is 4.74 Å². The standard InChI is InChI=1S/C14H19NOS2/c1-2-16-7-4-6-15-10-13-9-12(11-18-13)14-5-3-8-17-14/h3,5,8-9,11,15H,2,4,6-7,10H2,1H3. The minimum Gasteiger partial charge on any atom is -0.382 e. The highest BCUT2D eigenvalue weighted by atomic mass is 32.1. The minimum atomic E-state index is 0.815. The Balaban J connectivity index is 1.71. The second-order valence-corrected chi connectivity index (χ2v) is 5.95. The fraction of sp³-hybridized carbons (Fsp3) is 0.429. The summed E-state index contributed by atoms with van der Waals surface area (Å²) in [6.07, 6.45) is 1.08. The first kappa shape index (κ1) is 13.7. The largest absolute Gasteiger partial charge is 0.382 e. The third-order valence-corrected chi connectivity index (χ3v) is 4.46. The van der Waals surface area contributed by atoms with Crippen LogP contribution in [0.15, 0.2) is 29.0 Å². The van der Waals surface area contributed by atoms with Crippen molar-refractivity contribution < 1.29 is 4.74 Å². The van der Waals surface area contributed by atoms with Crippen molar-refractivity contribution in [2.75, 3.05) is 19.8 Å². The Bertz CT molecular complexity index is 436. The van der Waals surface area contributed by atoms with Crippen molar-refractivity contribution in [1.82, 2.24) is 5.32 Å². The summed E-state index contributed by atoms with van der Waals surface area (Å²) in [4.78, 5) is 2.75. The van der Waals surface area contributed by atoms with Crippen LogP contribution in [-0.4, -0.2) is 19.8 Å². The molecule has 0 spiro atoms. The monoisotopic (exact) mass is 281 g/mol. The van der Waals surface area contributed by atoms with Gasteiger partial charge in [0.15, 0.2) is 0 Å². The summed E-state index contributed by atoms with van der Waals surface area (Å²) in [6, 6.07) is 6.56. The number of nitrogens with one attached hydrogen (secondary N) is 1. The molecule has 0 amide bonds. The highest BCUT2D eigenvalue weighted by Gasteiger charge is 2.02. The average Bonchev–Trinajstić information content (AvgIpc) is 3.03. The quantitative estimate of drug-likeness (QED) is 0.739. The van der Waals surface area contributed by atoms with E-state index in [2.05, 4.69) is 34.3 Å². The van der Waals surface area contributed by atoms with Gasteiger partial charge in [-0.2, -0.15) is 0 Å². The highest BCUT2D eigenvalue weighted by Crippen LogP contribution is 2.29. The van der Waals surface area contributed by atoms with E-state index in [0.717, 1.165) is 32.7 Å². The Kier molecular flexibility index (Phi) is 5.87. The summed E-state index contributed by atoms with van der Waals surface area (Å²) in [5.41, 5.74) is 1.35. The van der Waals surface area contributed by atoms with Crippen molar-refractivity contribution in [3.63, 3.8) is 0 Å². The molecule has 0 bridgehead atoms. The molecule has 0 saturated heterocycles. The van der Waals surface area contributed by atoms with Crippen molar-refractivity contribution in [3.8, 4) is 10.4 Å². The third-order valence-electron chi connectivity index (χ3n) is 2.61. The van der Waals surface area contributed by atoms with Gasteiger partial charge in [-0.1, -0.05) is 6.07 Å². The van der Waals surface area contributed by atoms with Crippen LogP contribution in [0.25, 0.3) is 10.4 Å². The van der Waals surface area contributed by atoms with E-state index in [1.807, 2.05) is 18.3 Å². The predicted molar refractivity (Wildman–Crippen MR) is 80.4 cm³/mol. The molecule has 0 aromatic carbocycles. The van der Waals surface area contributed by atoms with E-state index >= 15 is 0 Å². The van der Waals surface area contributed by atoms with Crippen LogP contribution >= 0.6 is 22.7 Å². The molecule has 0 saturated carbocycles. The minimum absolute atomic E-state index is 0.815. The van der Waals surface area contributed by atoms with Gasteiger partial charge < -0.3 is 10.1 Å². The lowest BCUT2D eigenvalue weighted by atomic mass is 10.2. The summed E-state index contributed by atoms with van der Waals surface area (Å²) in [5.74, 6) is 0. The number of thiophene rings is 2. The molecule has 1 N–H and O–H groups in total. The van der Waals surface area contributed by atoms with Crippen LogP contribution in [0.2, 0.25) is 0 Å². The lowest BCUT2D eigenvalue weighted by Crippen LogP contribution is -2.15. The molecule has 4 heteroatoms. The highest BCUT2D eigenvalue weighted by molar-refractivity contribution is 7.14. The van der Waals surface area contributed by atoms with E-state index < -0.39 is 0 Å². The zero-order chi connectivity index (χ0) is 12.6. The average molecular weight is 281 g/mol. The zero-order valence-corrected chi connectivity index (χ0v) is 12.3. The van der Waals surface area contributed by atoms with Gasteiger partial charge in [0, 0.05) is 35.1 Å². The van der Waals surface area contributed by atoms with Crippen molar-refractivity contribution >= 4 is 22.7 Å². The van der Waals surface area contributed by atoms with E-state index in [1.165, 1.54) is 15.3 Å². The fourth-order valence-corrected chi connectivity index (χ4v) is 3.34. The van der Waals surface area contributed by atoms with Gasteiger partial charge in [-0.05, 0) is 42.8 Å². The van der Waals surface area contributed by atoms with Crippen LogP contribution < -0.4 is 5.32 Å². The molecule has 0 aliphatic carbocycles. The SMILES string of the molecule is CCOCCCNCc1cc(-c2cccs2)cs1. The van der Waals surface area contributed by atoms with E-state index in [0.29, 0.717) is 0 Å². The first-order valence-corrected chi connectivity index (χ1v) is 8.06. The number of hydrogen-bond donors (Lipinski definition) is 1. The molecule has 2 rings (SSSR count). The second-order valence-electron chi connectivity index (χ2n) is 4.01. The smallest absolute Gasteiger partial charge is 0.0477 e. The molecular formula is C14H19NOS2. The molecular weight excluding hydrogens is 262 g/mol. The summed E-state index contributed by atoms with van der Waals surface area (Å²) >= 11 is 3.63. The first-order chi connectivity index (χ1) is 8.90. The Morgan fingerprint density at radius 2 is 2.28 bits per heavy atom. The van der Waals surface area contributed by atoms with E-state index in [9.17, 15) is 0 Å². The Hall–Kier alpha value is -0.680. The zero-order valence-electron chi connectivity index (χ0n) is 10.6. The Labute approximate surface area is 117 Å². The third kappa shape index (κ3) is 4.21. The maximum atomic E-state index is 5.30. The normalized spacial score (nSPS) is 10.9. The van der Waals surface area contributed by atoms with Gasteiger partial charge in [-0.15, -0.1) is 22.7 Å². The maximum absolute atomic E-state index is 5.30. The molecule has 0 fully saturated rings. The summed E-state index contributed by atoms with van der Waals surface area (Å²) in [6.45, 7) is 5.68. The Morgan fingerprint density at radius 1 is 1.33 bits per heavy atom. The van der Waals surface area contributed by atoms with Crippen molar-refractivity contribution in [1.29, 1.82) is 0 Å². The molecule has 18 heavy (non-hydrogen) atoms. The molecule has 98 valence electrons. The number of hydrogen-bond acceptors (Lipinski definition) is 4. The predicted octanol–water partition coefficient (Wildman–Crippen LogP) is 3.99. The van der Waals surface area contributed by atoms with Gasteiger partial charge in [0.05, 0.1) is 0 Å². The number of ether oxygens (including phenoxy) is 1. The molecule has 2 nitrogen and oxygen atoms in total. The van der Waals surface area contributed by atoms with Crippen LogP contribution in [0.1, 0.15) is 18.2 Å². The first-order valence-electron chi connectivity index (χ1n) is 6.30. The molecule has 2 aromatic heterocycles. The fourth-order valence-electron chi connectivity index (χ4n) is 1.70. The number of rotatable bonds is 8. The topological polar surface area (TPSA) is 21.3 Å². The van der Waals surface area contributed by atoms with Gasteiger partial charge in [-0.3, -0.25) is 0 Å². The summed E-state index contributed by atoms with van der Waals surface area (Å²) in [5, 5.41) is 7.82. The summed E-state index contributed by atoms with van der Waals surface area (Å²) < 4.78 is 5.30. The van der Waals surface area contributed by atoms with Gasteiger partial charge >= 0.3 is 0 Å². The van der Waals surface area contributed by atoms with Crippen molar-refractivity contribution in [2.45, 2.75) is 19.9 Å². The van der Waals surface area contributed by atoms with Gasteiger partial charge in [0.25, 0.3) is 0 Å². The van der Waals surface area contributed by atoms with Crippen LogP contribution in [0.5, 0.6) is 0 Å². The second kappa shape index (κ2) is 7.69. The van der Waals surface area contributed by atoms with Gasteiger partial charge in [0.1, 0.15) is 0 Å². The molecule has 0 unspecified atom stereocenters. The van der Waals surface area contributed by atoms with Gasteiger partial charge in [0.2, 0.25) is 0 Å². The van der Waals surface area contributed by atoms with Crippen LogP contribution in [-0.2, 0) is 11.3 Å². The lowest BCUT2D eigenvalue weighted by molar-refractivity contribution is 0.144. The molecule has 0 atom stereocenters. The maximum Gasteiger partial charge on any atom is 0.0477 e. The molecule has 0 aliphatic heterocycles. The van der Waals surface area contributed by atoms with Crippen molar-refractivity contribution in [3.05, 3.63) is 33.8 Å². The summed E-state index contributed by atoms with van der Waals surface area (Å²) in [7, 11) is 0. The molecule has 0 radical (unpaired) electrons. The van der Waals surface area contributed by atoms with Crippen molar-refractivity contribution in [2.24, 2.45) is 0 Å². The molecule has 0 aliphatic rings. The van der Waals surface area contributed by atoms with Crippen LogP contribution in [0, 0.1) is 0 Å².